The van der Waals surface area contributed by atoms with Gasteiger partial charge < -0.3 is 15.4 Å². The molecule has 1 rings (SSSR count). The summed E-state index contributed by atoms with van der Waals surface area (Å²) in [6.07, 6.45) is 1.59. The lowest BCUT2D eigenvalue weighted by molar-refractivity contribution is -0.127. The molecule has 0 aliphatic carbocycles. The fourth-order valence-electron chi connectivity index (χ4n) is 1.84. The molecule has 0 spiro atoms. The monoisotopic (exact) mass is 292 g/mol. The minimum Gasteiger partial charge on any atom is -0.481 e. The van der Waals surface area contributed by atoms with Gasteiger partial charge in [-0.1, -0.05) is 39.3 Å². The van der Waals surface area contributed by atoms with Crippen molar-refractivity contribution in [1.29, 1.82) is 0 Å². The molecule has 4 nitrogen and oxygen atoms in total. The third-order valence-electron chi connectivity index (χ3n) is 3.12. The van der Waals surface area contributed by atoms with Crippen molar-refractivity contribution >= 4 is 5.91 Å². The quantitative estimate of drug-likeness (QED) is 0.688. The fraction of sp³-hybridized carbons (Fsp3) is 0.588. The molecule has 0 saturated carbocycles. The Kier molecular flexibility index (Phi) is 7.83. The topological polar surface area (TPSA) is 50.4 Å². The molecule has 4 heteroatoms. The van der Waals surface area contributed by atoms with Crippen LogP contribution < -0.4 is 15.4 Å². The van der Waals surface area contributed by atoms with Crippen molar-refractivity contribution in [3.63, 3.8) is 0 Å². The molecule has 0 radical (unpaired) electrons. The summed E-state index contributed by atoms with van der Waals surface area (Å²) in [5, 5.41) is 6.25. The molecule has 0 aromatic heterocycles. The van der Waals surface area contributed by atoms with Crippen LogP contribution in [0.2, 0.25) is 0 Å². The molecule has 1 aromatic carbocycles. The average molecular weight is 292 g/mol. The van der Waals surface area contributed by atoms with Gasteiger partial charge in [0, 0.05) is 19.1 Å². The van der Waals surface area contributed by atoms with Crippen LogP contribution in [0.5, 0.6) is 5.75 Å². The Morgan fingerprint density at radius 3 is 2.71 bits per heavy atom. The van der Waals surface area contributed by atoms with E-state index >= 15 is 0 Å². The van der Waals surface area contributed by atoms with E-state index in [9.17, 15) is 4.79 Å². The number of carbonyl (C=O) groups is 1. The van der Waals surface area contributed by atoms with E-state index in [1.807, 2.05) is 24.3 Å². The molecule has 118 valence electrons. The zero-order valence-corrected chi connectivity index (χ0v) is 13.6. The Balaban J connectivity index is 2.49. The van der Waals surface area contributed by atoms with Crippen molar-refractivity contribution in [3.05, 3.63) is 29.8 Å². The van der Waals surface area contributed by atoms with Crippen molar-refractivity contribution < 1.29 is 9.53 Å². The predicted molar refractivity (Wildman–Crippen MR) is 86.4 cm³/mol. The highest BCUT2D eigenvalue weighted by molar-refractivity contribution is 5.80. The van der Waals surface area contributed by atoms with Gasteiger partial charge in [-0.2, -0.15) is 0 Å². The molecule has 21 heavy (non-hydrogen) atoms. The molecule has 1 unspecified atom stereocenters. The van der Waals surface area contributed by atoms with Gasteiger partial charge in [0.25, 0.3) is 5.91 Å². The van der Waals surface area contributed by atoms with Gasteiger partial charge in [0.2, 0.25) is 0 Å². The Bertz CT molecular complexity index is 433. The summed E-state index contributed by atoms with van der Waals surface area (Å²) in [4.78, 5) is 11.9. The van der Waals surface area contributed by atoms with Crippen molar-refractivity contribution in [2.75, 3.05) is 6.54 Å². The molecule has 1 atom stereocenters. The first-order valence-electron chi connectivity index (χ1n) is 7.79. The van der Waals surface area contributed by atoms with Crippen LogP contribution in [-0.2, 0) is 11.3 Å². The van der Waals surface area contributed by atoms with Gasteiger partial charge in [-0.05, 0) is 31.0 Å². The van der Waals surface area contributed by atoms with Crippen molar-refractivity contribution in [2.24, 2.45) is 0 Å². The van der Waals surface area contributed by atoms with E-state index in [1.165, 1.54) is 0 Å². The summed E-state index contributed by atoms with van der Waals surface area (Å²) in [7, 11) is 0. The van der Waals surface area contributed by atoms with Crippen LogP contribution in [0.4, 0.5) is 0 Å². The fourth-order valence-corrected chi connectivity index (χ4v) is 1.84. The molecule has 0 fully saturated rings. The van der Waals surface area contributed by atoms with E-state index in [1.54, 1.807) is 6.92 Å². The highest BCUT2D eigenvalue weighted by Gasteiger charge is 2.13. The van der Waals surface area contributed by atoms with Gasteiger partial charge in [-0.25, -0.2) is 0 Å². The number of hydrogen-bond acceptors (Lipinski definition) is 3. The van der Waals surface area contributed by atoms with E-state index in [0.29, 0.717) is 12.6 Å². The SMILES string of the molecule is CCCCNC(=O)C(C)Oc1cccc(CNC(C)C)c1. The zero-order valence-electron chi connectivity index (χ0n) is 13.6. The van der Waals surface area contributed by atoms with Gasteiger partial charge in [0.05, 0.1) is 0 Å². The number of rotatable bonds is 9. The molecule has 0 aliphatic rings. The van der Waals surface area contributed by atoms with Crippen LogP contribution in [0.25, 0.3) is 0 Å². The second kappa shape index (κ2) is 9.40. The Morgan fingerprint density at radius 2 is 2.05 bits per heavy atom. The summed E-state index contributed by atoms with van der Waals surface area (Å²) in [5.41, 5.74) is 1.15. The van der Waals surface area contributed by atoms with Gasteiger partial charge in [0.15, 0.2) is 6.10 Å². The lowest BCUT2D eigenvalue weighted by atomic mass is 10.2. The summed E-state index contributed by atoms with van der Waals surface area (Å²) in [5.74, 6) is 0.672. The van der Waals surface area contributed by atoms with Gasteiger partial charge >= 0.3 is 0 Å². The molecule has 0 heterocycles. The standard InChI is InChI=1S/C17H28N2O2/c1-5-6-10-18-17(20)14(4)21-16-9-7-8-15(11-16)12-19-13(2)3/h7-9,11,13-14,19H,5-6,10,12H2,1-4H3,(H,18,20). The number of nitrogens with one attached hydrogen (secondary N) is 2. The van der Waals surface area contributed by atoms with Crippen LogP contribution in [0, 0.1) is 0 Å². The lowest BCUT2D eigenvalue weighted by Gasteiger charge is -2.15. The minimum atomic E-state index is -0.477. The first-order chi connectivity index (χ1) is 10.0. The van der Waals surface area contributed by atoms with E-state index in [-0.39, 0.29) is 5.91 Å². The number of ether oxygens (including phenoxy) is 1. The van der Waals surface area contributed by atoms with Crippen LogP contribution in [0.1, 0.15) is 46.1 Å². The van der Waals surface area contributed by atoms with Gasteiger partial charge in [-0.3, -0.25) is 4.79 Å². The maximum atomic E-state index is 11.9. The first-order valence-corrected chi connectivity index (χ1v) is 7.79. The van der Waals surface area contributed by atoms with Crippen LogP contribution in [0.15, 0.2) is 24.3 Å². The van der Waals surface area contributed by atoms with Gasteiger partial charge in [-0.15, -0.1) is 0 Å². The molecule has 0 bridgehead atoms. The minimum absolute atomic E-state index is 0.0610. The second-order valence-corrected chi connectivity index (χ2v) is 5.59. The second-order valence-electron chi connectivity index (χ2n) is 5.59. The number of carbonyl (C=O) groups excluding carboxylic acids is 1. The van der Waals surface area contributed by atoms with Crippen LogP contribution in [-0.4, -0.2) is 24.6 Å². The molecule has 1 aromatic rings. The highest BCUT2D eigenvalue weighted by atomic mass is 16.5. The summed E-state index contributed by atoms with van der Waals surface area (Å²) < 4.78 is 5.71. The third kappa shape index (κ3) is 7.14. The number of hydrogen-bond donors (Lipinski definition) is 2. The molecule has 0 saturated heterocycles. The molecular weight excluding hydrogens is 264 g/mol. The first kappa shape index (κ1) is 17.5. The Labute approximate surface area is 128 Å². The molecule has 1 amide bonds. The van der Waals surface area contributed by atoms with Crippen LogP contribution >= 0.6 is 0 Å². The number of amides is 1. The summed E-state index contributed by atoms with van der Waals surface area (Å²) in [6, 6.07) is 8.31. The Morgan fingerprint density at radius 1 is 1.29 bits per heavy atom. The maximum absolute atomic E-state index is 11.9. The van der Waals surface area contributed by atoms with E-state index < -0.39 is 6.10 Å². The average Bonchev–Trinajstić information content (AvgIpc) is 2.45. The van der Waals surface area contributed by atoms with E-state index in [4.69, 9.17) is 4.74 Å². The summed E-state index contributed by atoms with van der Waals surface area (Å²) >= 11 is 0. The molecule has 2 N–H and O–H groups in total. The normalized spacial score (nSPS) is 12.2. The number of benzene rings is 1. The van der Waals surface area contributed by atoms with E-state index in [0.717, 1.165) is 30.7 Å². The van der Waals surface area contributed by atoms with Crippen LogP contribution in [0.3, 0.4) is 0 Å². The third-order valence-corrected chi connectivity index (χ3v) is 3.12. The van der Waals surface area contributed by atoms with Crippen molar-refractivity contribution in [3.8, 4) is 5.75 Å². The van der Waals surface area contributed by atoms with E-state index in [2.05, 4.69) is 31.4 Å². The van der Waals surface area contributed by atoms with Crippen molar-refractivity contribution in [2.45, 2.75) is 59.2 Å². The Hall–Kier alpha value is -1.55. The largest absolute Gasteiger partial charge is 0.481 e. The molecular formula is C17H28N2O2. The maximum Gasteiger partial charge on any atom is 0.260 e. The lowest BCUT2D eigenvalue weighted by Crippen LogP contribution is -2.36. The van der Waals surface area contributed by atoms with Crippen molar-refractivity contribution in [1.82, 2.24) is 10.6 Å². The molecule has 0 aliphatic heterocycles. The smallest absolute Gasteiger partial charge is 0.260 e. The number of unbranched alkanes of at least 4 members (excludes halogenated alkanes) is 1. The zero-order chi connectivity index (χ0) is 15.7. The summed E-state index contributed by atoms with van der Waals surface area (Å²) in [6.45, 7) is 9.61. The van der Waals surface area contributed by atoms with Gasteiger partial charge in [0.1, 0.15) is 5.75 Å². The predicted octanol–water partition coefficient (Wildman–Crippen LogP) is 2.87. The highest BCUT2D eigenvalue weighted by Crippen LogP contribution is 2.15.